The number of hydrogen-bond acceptors (Lipinski definition) is 1. The van der Waals surface area contributed by atoms with Crippen LogP contribution in [0.3, 0.4) is 0 Å². The largest absolute Gasteiger partial charge is 0.339 e. The monoisotopic (exact) mass is 272 g/mol. The van der Waals surface area contributed by atoms with Crippen LogP contribution in [-0.2, 0) is 0 Å². The minimum atomic E-state index is 1.06. The smallest absolute Gasteiger partial charge is 0.0704 e. The van der Waals surface area contributed by atoms with Crippen LogP contribution in [0.1, 0.15) is 5.56 Å². The molecule has 2 nitrogen and oxygen atoms in total. The van der Waals surface area contributed by atoms with Crippen molar-refractivity contribution in [1.82, 2.24) is 4.68 Å². The van der Waals surface area contributed by atoms with Crippen molar-refractivity contribution in [3.63, 3.8) is 0 Å². The van der Waals surface area contributed by atoms with Crippen molar-refractivity contribution in [2.75, 3.05) is 5.84 Å². The minimum absolute atomic E-state index is 1.06. The molecule has 102 valence electrons. The van der Waals surface area contributed by atoms with E-state index < -0.39 is 0 Å². The van der Waals surface area contributed by atoms with Gasteiger partial charge in [0.25, 0.3) is 0 Å². The second-order valence-electron chi connectivity index (χ2n) is 5.49. The summed E-state index contributed by atoms with van der Waals surface area (Å²) in [5.74, 6) is 6.20. The number of nitrogens with zero attached hydrogens (tertiary/aromatic N) is 1. The SMILES string of the molecule is Cc1cccc(-c2ccc3c(c2)c2ccccc2n3N)c1. The summed E-state index contributed by atoms with van der Waals surface area (Å²) >= 11 is 0. The summed E-state index contributed by atoms with van der Waals surface area (Å²) in [4.78, 5) is 0. The van der Waals surface area contributed by atoms with E-state index in [0.29, 0.717) is 0 Å². The zero-order valence-electron chi connectivity index (χ0n) is 11.9. The fourth-order valence-corrected chi connectivity index (χ4v) is 3.01. The maximum absolute atomic E-state index is 6.20. The van der Waals surface area contributed by atoms with E-state index in [-0.39, 0.29) is 0 Å². The molecular weight excluding hydrogens is 256 g/mol. The van der Waals surface area contributed by atoms with Crippen LogP contribution in [0.2, 0.25) is 0 Å². The Hall–Kier alpha value is -2.74. The zero-order valence-corrected chi connectivity index (χ0v) is 11.9. The number of nitrogens with two attached hydrogens (primary N) is 1. The van der Waals surface area contributed by atoms with E-state index in [1.807, 2.05) is 6.07 Å². The number of aromatic nitrogens is 1. The van der Waals surface area contributed by atoms with Crippen molar-refractivity contribution >= 4 is 21.8 Å². The van der Waals surface area contributed by atoms with Gasteiger partial charge in [-0.3, -0.25) is 4.68 Å². The highest BCUT2D eigenvalue weighted by Crippen LogP contribution is 2.31. The molecular formula is C19H16N2. The van der Waals surface area contributed by atoms with Gasteiger partial charge in [-0.15, -0.1) is 0 Å². The van der Waals surface area contributed by atoms with Gasteiger partial charge in [0.1, 0.15) is 0 Å². The predicted molar refractivity (Wildman–Crippen MR) is 89.8 cm³/mol. The lowest BCUT2D eigenvalue weighted by molar-refractivity contribution is 1.12. The molecule has 1 aromatic heterocycles. The topological polar surface area (TPSA) is 30.9 Å². The molecule has 0 saturated carbocycles. The number of benzene rings is 3. The quantitative estimate of drug-likeness (QED) is 0.509. The Morgan fingerprint density at radius 2 is 1.48 bits per heavy atom. The van der Waals surface area contributed by atoms with Crippen LogP contribution >= 0.6 is 0 Å². The van der Waals surface area contributed by atoms with Gasteiger partial charge in [-0.05, 0) is 36.2 Å². The summed E-state index contributed by atoms with van der Waals surface area (Å²) in [6, 6.07) is 23.3. The highest BCUT2D eigenvalue weighted by molar-refractivity contribution is 6.09. The first kappa shape index (κ1) is 12.0. The van der Waals surface area contributed by atoms with Gasteiger partial charge >= 0.3 is 0 Å². The van der Waals surface area contributed by atoms with Crippen LogP contribution in [0, 0.1) is 6.92 Å². The molecule has 1 heterocycles. The maximum atomic E-state index is 6.20. The van der Waals surface area contributed by atoms with Gasteiger partial charge in [0.15, 0.2) is 0 Å². The van der Waals surface area contributed by atoms with Crippen LogP contribution in [0.15, 0.2) is 66.7 Å². The number of nitrogen functional groups attached to an aromatic ring is 1. The lowest BCUT2D eigenvalue weighted by atomic mass is 10.0. The molecule has 0 aliphatic rings. The first-order valence-electron chi connectivity index (χ1n) is 7.09. The first-order valence-corrected chi connectivity index (χ1v) is 7.09. The molecule has 0 amide bonds. The number of rotatable bonds is 1. The zero-order chi connectivity index (χ0) is 14.4. The Balaban J connectivity index is 2.04. The standard InChI is InChI=1S/C19H16N2/c1-13-5-4-6-14(11-13)15-9-10-19-17(12-15)16-7-2-3-8-18(16)21(19)20/h2-12H,20H2,1H3. The second kappa shape index (κ2) is 4.38. The maximum Gasteiger partial charge on any atom is 0.0704 e. The van der Waals surface area contributed by atoms with Crippen LogP contribution in [0.25, 0.3) is 32.9 Å². The van der Waals surface area contributed by atoms with Gasteiger partial charge in [-0.1, -0.05) is 54.1 Å². The summed E-state index contributed by atoms with van der Waals surface area (Å²) in [6.45, 7) is 2.12. The van der Waals surface area contributed by atoms with Crippen LogP contribution in [0.4, 0.5) is 0 Å². The fourth-order valence-electron chi connectivity index (χ4n) is 3.01. The fraction of sp³-hybridized carbons (Fsp3) is 0.0526. The summed E-state index contributed by atoms with van der Waals surface area (Å²) < 4.78 is 1.77. The molecule has 2 heteroatoms. The molecule has 0 atom stereocenters. The molecule has 0 spiro atoms. The van der Waals surface area contributed by atoms with E-state index in [9.17, 15) is 0 Å². The van der Waals surface area contributed by atoms with Gasteiger partial charge in [-0.2, -0.15) is 0 Å². The molecule has 2 N–H and O–H groups in total. The van der Waals surface area contributed by atoms with Gasteiger partial charge in [-0.25, -0.2) is 0 Å². The van der Waals surface area contributed by atoms with Gasteiger partial charge in [0.05, 0.1) is 11.0 Å². The van der Waals surface area contributed by atoms with E-state index in [2.05, 4.69) is 67.6 Å². The molecule has 0 aliphatic heterocycles. The van der Waals surface area contributed by atoms with Crippen molar-refractivity contribution in [2.45, 2.75) is 6.92 Å². The molecule has 0 saturated heterocycles. The van der Waals surface area contributed by atoms with Crippen molar-refractivity contribution in [3.05, 3.63) is 72.3 Å². The van der Waals surface area contributed by atoms with Crippen LogP contribution in [0.5, 0.6) is 0 Å². The number of fused-ring (bicyclic) bond motifs is 3. The Morgan fingerprint density at radius 1 is 0.714 bits per heavy atom. The Bertz CT molecular complexity index is 964. The minimum Gasteiger partial charge on any atom is -0.339 e. The highest BCUT2D eigenvalue weighted by Gasteiger charge is 2.09. The highest BCUT2D eigenvalue weighted by atomic mass is 15.3. The Labute approximate surface area is 123 Å². The molecule has 0 unspecified atom stereocenters. The lowest BCUT2D eigenvalue weighted by Gasteiger charge is -2.04. The van der Waals surface area contributed by atoms with Gasteiger partial charge in [0, 0.05) is 10.8 Å². The predicted octanol–water partition coefficient (Wildman–Crippen LogP) is 4.48. The average molecular weight is 272 g/mol. The number of hydrogen-bond donors (Lipinski definition) is 1. The van der Waals surface area contributed by atoms with E-state index in [1.165, 1.54) is 27.5 Å². The molecule has 0 bridgehead atoms. The van der Waals surface area contributed by atoms with Crippen molar-refractivity contribution < 1.29 is 0 Å². The van der Waals surface area contributed by atoms with Crippen LogP contribution in [-0.4, -0.2) is 4.68 Å². The summed E-state index contributed by atoms with van der Waals surface area (Å²) in [5, 5.41) is 2.40. The first-order chi connectivity index (χ1) is 10.2. The molecule has 4 aromatic rings. The third-order valence-electron chi connectivity index (χ3n) is 4.06. The molecule has 0 aliphatic carbocycles. The number of aryl methyl sites for hydroxylation is 1. The Morgan fingerprint density at radius 3 is 2.33 bits per heavy atom. The van der Waals surface area contributed by atoms with Crippen molar-refractivity contribution in [3.8, 4) is 11.1 Å². The molecule has 4 rings (SSSR count). The van der Waals surface area contributed by atoms with E-state index in [0.717, 1.165) is 11.0 Å². The third-order valence-corrected chi connectivity index (χ3v) is 4.06. The second-order valence-corrected chi connectivity index (χ2v) is 5.49. The molecule has 0 radical (unpaired) electrons. The molecule has 21 heavy (non-hydrogen) atoms. The van der Waals surface area contributed by atoms with E-state index in [1.54, 1.807) is 4.68 Å². The number of para-hydroxylation sites is 1. The summed E-state index contributed by atoms with van der Waals surface area (Å²) in [5.41, 5.74) is 5.86. The summed E-state index contributed by atoms with van der Waals surface area (Å²) in [7, 11) is 0. The molecule has 0 fully saturated rings. The van der Waals surface area contributed by atoms with Crippen molar-refractivity contribution in [1.29, 1.82) is 0 Å². The third kappa shape index (κ3) is 1.80. The van der Waals surface area contributed by atoms with Gasteiger partial charge in [0.2, 0.25) is 0 Å². The molecule has 3 aromatic carbocycles. The summed E-state index contributed by atoms with van der Waals surface area (Å²) in [6.07, 6.45) is 0. The lowest BCUT2D eigenvalue weighted by Crippen LogP contribution is -2.06. The van der Waals surface area contributed by atoms with Gasteiger partial charge < -0.3 is 5.84 Å². The Kier molecular flexibility index (Phi) is 2.51. The van der Waals surface area contributed by atoms with Crippen molar-refractivity contribution in [2.24, 2.45) is 0 Å². The normalized spacial score (nSPS) is 11.3. The van der Waals surface area contributed by atoms with E-state index >= 15 is 0 Å². The van der Waals surface area contributed by atoms with E-state index in [4.69, 9.17) is 5.84 Å². The average Bonchev–Trinajstić information content (AvgIpc) is 2.81. The van der Waals surface area contributed by atoms with Crippen LogP contribution < -0.4 is 5.84 Å².